The number of hydrogen-bond acceptors (Lipinski definition) is 6. The van der Waals surface area contributed by atoms with Crippen molar-refractivity contribution < 1.29 is 9.32 Å². The van der Waals surface area contributed by atoms with Crippen LogP contribution >= 0.6 is 11.6 Å². The minimum atomic E-state index is -0.345. The first-order valence-corrected chi connectivity index (χ1v) is 8.35. The van der Waals surface area contributed by atoms with Gasteiger partial charge in [-0.1, -0.05) is 16.8 Å². The standard InChI is InChI=1S/C18H13ClN6O2/c1-11-22-18(27-24-11)14-3-2-8-20-16(14)25-9-15(21-10-25)17(26)23-13-6-4-12(19)5-7-13/h2-10H,1H3,(H,23,26). The SMILES string of the molecule is Cc1noc(-c2cccnc2-n2cnc(C(=O)Nc3ccc(Cl)cc3)c2)n1. The number of imidazole rings is 1. The van der Waals surface area contributed by atoms with Crippen LogP contribution in [0.1, 0.15) is 16.3 Å². The van der Waals surface area contributed by atoms with Crippen molar-refractivity contribution in [1.82, 2.24) is 24.7 Å². The summed E-state index contributed by atoms with van der Waals surface area (Å²) < 4.78 is 6.86. The normalized spacial score (nSPS) is 10.7. The molecule has 8 nitrogen and oxygen atoms in total. The lowest BCUT2D eigenvalue weighted by Gasteiger charge is -2.05. The number of amides is 1. The van der Waals surface area contributed by atoms with E-state index >= 15 is 0 Å². The molecule has 9 heteroatoms. The van der Waals surface area contributed by atoms with E-state index in [0.717, 1.165) is 0 Å². The number of nitrogens with one attached hydrogen (secondary N) is 1. The molecule has 0 spiro atoms. The van der Waals surface area contributed by atoms with E-state index in [4.69, 9.17) is 16.1 Å². The fraction of sp³-hybridized carbons (Fsp3) is 0.0556. The monoisotopic (exact) mass is 380 g/mol. The summed E-state index contributed by atoms with van der Waals surface area (Å²) in [6, 6.07) is 10.4. The molecule has 1 N–H and O–H groups in total. The van der Waals surface area contributed by atoms with Crippen molar-refractivity contribution in [2.75, 3.05) is 5.32 Å². The number of nitrogens with zero attached hydrogens (tertiary/aromatic N) is 5. The Bertz CT molecular complexity index is 1100. The van der Waals surface area contributed by atoms with Crippen LogP contribution in [0.2, 0.25) is 5.02 Å². The molecular weight excluding hydrogens is 368 g/mol. The fourth-order valence-corrected chi connectivity index (χ4v) is 2.59. The number of halogens is 1. The molecule has 0 saturated carbocycles. The van der Waals surface area contributed by atoms with Gasteiger partial charge < -0.3 is 9.84 Å². The van der Waals surface area contributed by atoms with Crippen molar-refractivity contribution in [3.63, 3.8) is 0 Å². The second-order valence-corrected chi connectivity index (χ2v) is 6.08. The van der Waals surface area contributed by atoms with Gasteiger partial charge in [0.2, 0.25) is 0 Å². The Hall–Kier alpha value is -3.52. The molecule has 0 fully saturated rings. The number of rotatable bonds is 4. The molecule has 1 amide bonds. The van der Waals surface area contributed by atoms with Crippen LogP contribution in [0, 0.1) is 6.92 Å². The van der Waals surface area contributed by atoms with Gasteiger partial charge in [0.05, 0.1) is 5.56 Å². The number of carbonyl (C=O) groups excluding carboxylic acids is 1. The maximum atomic E-state index is 12.4. The lowest BCUT2D eigenvalue weighted by Crippen LogP contribution is -2.12. The maximum absolute atomic E-state index is 12.4. The van der Waals surface area contributed by atoms with E-state index in [1.54, 1.807) is 54.2 Å². The molecule has 27 heavy (non-hydrogen) atoms. The third-order valence-electron chi connectivity index (χ3n) is 3.71. The van der Waals surface area contributed by atoms with E-state index in [1.165, 1.54) is 6.33 Å². The summed E-state index contributed by atoms with van der Waals surface area (Å²) in [5.41, 5.74) is 1.50. The molecule has 0 unspecified atom stereocenters. The van der Waals surface area contributed by atoms with Gasteiger partial charge in [-0.3, -0.25) is 9.36 Å². The number of aromatic nitrogens is 5. The average Bonchev–Trinajstić information content (AvgIpc) is 3.33. The molecule has 3 heterocycles. The number of pyridine rings is 1. The first kappa shape index (κ1) is 16.9. The van der Waals surface area contributed by atoms with Gasteiger partial charge in [0.15, 0.2) is 11.6 Å². The van der Waals surface area contributed by atoms with Crippen molar-refractivity contribution in [3.8, 4) is 17.3 Å². The Labute approximate surface area is 158 Å². The number of anilines is 1. The summed E-state index contributed by atoms with van der Waals surface area (Å²) in [5, 5.41) is 7.16. The maximum Gasteiger partial charge on any atom is 0.275 e. The van der Waals surface area contributed by atoms with Crippen LogP contribution in [-0.2, 0) is 0 Å². The smallest absolute Gasteiger partial charge is 0.275 e. The average molecular weight is 381 g/mol. The fourth-order valence-electron chi connectivity index (χ4n) is 2.46. The predicted octanol–water partition coefficient (Wildman–Crippen LogP) is 3.53. The first-order chi connectivity index (χ1) is 13.1. The van der Waals surface area contributed by atoms with Crippen LogP contribution in [0.5, 0.6) is 0 Å². The Morgan fingerprint density at radius 2 is 2.00 bits per heavy atom. The van der Waals surface area contributed by atoms with Crippen molar-refractivity contribution in [1.29, 1.82) is 0 Å². The Morgan fingerprint density at radius 3 is 2.74 bits per heavy atom. The highest BCUT2D eigenvalue weighted by atomic mass is 35.5. The zero-order valence-corrected chi connectivity index (χ0v) is 14.9. The lowest BCUT2D eigenvalue weighted by molar-refractivity contribution is 0.102. The molecule has 134 valence electrons. The van der Waals surface area contributed by atoms with Crippen LogP contribution in [0.25, 0.3) is 17.3 Å². The Kier molecular flexibility index (Phi) is 4.39. The summed E-state index contributed by atoms with van der Waals surface area (Å²) in [6.45, 7) is 1.74. The lowest BCUT2D eigenvalue weighted by atomic mass is 10.2. The van der Waals surface area contributed by atoms with Crippen LogP contribution < -0.4 is 5.32 Å². The van der Waals surface area contributed by atoms with Crippen LogP contribution in [0.15, 0.2) is 59.6 Å². The predicted molar refractivity (Wildman–Crippen MR) is 98.8 cm³/mol. The van der Waals surface area contributed by atoms with Gasteiger partial charge in [0, 0.05) is 23.1 Å². The molecule has 0 saturated heterocycles. The third kappa shape index (κ3) is 3.56. The zero-order chi connectivity index (χ0) is 18.8. The third-order valence-corrected chi connectivity index (χ3v) is 3.96. The molecule has 4 rings (SSSR count). The van der Waals surface area contributed by atoms with Gasteiger partial charge in [0.1, 0.15) is 12.0 Å². The summed E-state index contributed by atoms with van der Waals surface area (Å²) in [6.07, 6.45) is 4.72. The van der Waals surface area contributed by atoms with E-state index < -0.39 is 0 Å². The molecule has 4 aromatic rings. The van der Waals surface area contributed by atoms with E-state index in [2.05, 4.69) is 25.4 Å². The molecule has 0 aliphatic carbocycles. The summed E-state index contributed by atoms with van der Waals surface area (Å²) in [4.78, 5) is 25.2. The number of carbonyl (C=O) groups is 1. The van der Waals surface area contributed by atoms with Crippen molar-refractivity contribution >= 4 is 23.2 Å². The van der Waals surface area contributed by atoms with Gasteiger partial charge in [-0.2, -0.15) is 4.98 Å². The van der Waals surface area contributed by atoms with E-state index in [0.29, 0.717) is 33.8 Å². The summed E-state index contributed by atoms with van der Waals surface area (Å²) >= 11 is 5.85. The molecule has 1 aromatic carbocycles. The highest BCUT2D eigenvalue weighted by Gasteiger charge is 2.16. The largest absolute Gasteiger partial charge is 0.334 e. The molecule has 0 bridgehead atoms. The quantitative estimate of drug-likeness (QED) is 0.581. The van der Waals surface area contributed by atoms with Crippen LogP contribution in [-0.4, -0.2) is 30.6 Å². The molecule has 0 atom stereocenters. The van der Waals surface area contributed by atoms with E-state index in [9.17, 15) is 4.79 Å². The van der Waals surface area contributed by atoms with Crippen molar-refractivity contribution in [2.24, 2.45) is 0 Å². The van der Waals surface area contributed by atoms with Gasteiger partial charge >= 0.3 is 0 Å². The zero-order valence-electron chi connectivity index (χ0n) is 14.1. The van der Waals surface area contributed by atoms with Crippen molar-refractivity contribution in [3.05, 3.63) is 71.7 Å². The molecule has 3 aromatic heterocycles. The second-order valence-electron chi connectivity index (χ2n) is 5.65. The van der Waals surface area contributed by atoms with E-state index in [1.807, 2.05) is 6.07 Å². The van der Waals surface area contributed by atoms with Gasteiger partial charge in [-0.15, -0.1) is 0 Å². The van der Waals surface area contributed by atoms with Gasteiger partial charge in [-0.05, 0) is 43.3 Å². The van der Waals surface area contributed by atoms with Gasteiger partial charge in [-0.25, -0.2) is 9.97 Å². The highest BCUT2D eigenvalue weighted by Crippen LogP contribution is 2.23. The Balaban J connectivity index is 1.61. The summed E-state index contributed by atoms with van der Waals surface area (Å²) in [7, 11) is 0. The number of benzene rings is 1. The first-order valence-electron chi connectivity index (χ1n) is 7.97. The Morgan fingerprint density at radius 1 is 1.19 bits per heavy atom. The minimum Gasteiger partial charge on any atom is -0.334 e. The molecule has 0 radical (unpaired) electrons. The molecular formula is C18H13ClN6O2. The van der Waals surface area contributed by atoms with Gasteiger partial charge in [0.25, 0.3) is 11.8 Å². The van der Waals surface area contributed by atoms with E-state index in [-0.39, 0.29) is 11.6 Å². The van der Waals surface area contributed by atoms with Crippen LogP contribution in [0.4, 0.5) is 5.69 Å². The number of aryl methyl sites for hydroxylation is 1. The van der Waals surface area contributed by atoms with Crippen molar-refractivity contribution in [2.45, 2.75) is 6.92 Å². The molecule has 0 aliphatic heterocycles. The minimum absolute atomic E-state index is 0.239. The summed E-state index contributed by atoms with van der Waals surface area (Å²) in [5.74, 6) is 1.05. The highest BCUT2D eigenvalue weighted by molar-refractivity contribution is 6.30. The number of hydrogen-bond donors (Lipinski definition) is 1. The second kappa shape index (κ2) is 7.00. The molecule has 0 aliphatic rings. The topological polar surface area (TPSA) is 98.7 Å². The van der Waals surface area contributed by atoms with Crippen LogP contribution in [0.3, 0.4) is 0 Å².